The Balaban J connectivity index is 1.39. The molecule has 38 heavy (non-hydrogen) atoms. The van der Waals surface area contributed by atoms with Crippen LogP contribution in [0.5, 0.6) is 5.75 Å². The Hall–Kier alpha value is -4.76. The second kappa shape index (κ2) is 9.60. The summed E-state index contributed by atoms with van der Waals surface area (Å²) < 4.78 is 25.5. The number of hydrogen-bond donors (Lipinski definition) is 1. The lowest BCUT2D eigenvalue weighted by molar-refractivity contribution is -0.117. The average molecular weight is 527 g/mol. The molecule has 1 N–H and O–H groups in total. The summed E-state index contributed by atoms with van der Waals surface area (Å²) in [6.07, 6.45) is 1.34. The number of ether oxygens (including phenoxy) is 1. The molecule has 0 aliphatic carbocycles. The van der Waals surface area contributed by atoms with E-state index in [9.17, 15) is 19.1 Å². The van der Waals surface area contributed by atoms with Gasteiger partial charge in [-0.3, -0.25) is 14.5 Å². The van der Waals surface area contributed by atoms with Crippen LogP contribution in [0.15, 0.2) is 107 Å². The molecule has 9 heteroatoms. The van der Waals surface area contributed by atoms with E-state index in [-0.39, 0.29) is 16.5 Å². The van der Waals surface area contributed by atoms with Crippen LogP contribution in [-0.4, -0.2) is 21.8 Å². The summed E-state index contributed by atoms with van der Waals surface area (Å²) in [5.74, 6) is -1.95. The highest BCUT2D eigenvalue weighted by molar-refractivity contribution is 7.22. The zero-order chi connectivity index (χ0) is 26.2. The van der Waals surface area contributed by atoms with Crippen molar-refractivity contribution in [1.29, 1.82) is 0 Å². The molecule has 1 unspecified atom stereocenters. The molecule has 2 aromatic heterocycles. The highest BCUT2D eigenvalue weighted by Crippen LogP contribution is 2.44. The van der Waals surface area contributed by atoms with Gasteiger partial charge in [-0.05, 0) is 53.6 Å². The summed E-state index contributed by atoms with van der Waals surface area (Å²) in [5, 5.41) is 11.1. The van der Waals surface area contributed by atoms with Crippen molar-refractivity contribution in [2.45, 2.75) is 12.6 Å². The van der Waals surface area contributed by atoms with E-state index in [1.807, 2.05) is 30.3 Å². The van der Waals surface area contributed by atoms with Crippen LogP contribution in [0.4, 0.5) is 9.52 Å². The maximum absolute atomic E-state index is 13.8. The lowest BCUT2D eigenvalue weighted by atomic mass is 9.95. The van der Waals surface area contributed by atoms with E-state index in [4.69, 9.17) is 9.15 Å². The summed E-state index contributed by atoms with van der Waals surface area (Å²) in [5.41, 5.74) is 1.92. The maximum Gasteiger partial charge on any atom is 0.296 e. The van der Waals surface area contributed by atoms with E-state index in [0.717, 1.165) is 16.9 Å². The van der Waals surface area contributed by atoms with Crippen LogP contribution in [0.3, 0.4) is 0 Å². The Morgan fingerprint density at radius 1 is 1.05 bits per heavy atom. The maximum atomic E-state index is 13.8. The van der Waals surface area contributed by atoms with Gasteiger partial charge in [0.2, 0.25) is 5.78 Å². The van der Waals surface area contributed by atoms with Crippen LogP contribution in [0, 0.1) is 5.82 Å². The fourth-order valence-electron chi connectivity index (χ4n) is 4.37. The Morgan fingerprint density at radius 3 is 2.58 bits per heavy atom. The molecule has 7 nitrogen and oxygen atoms in total. The number of benzene rings is 3. The number of aromatic nitrogens is 1. The number of aliphatic hydroxyl groups excluding tert-OH is 1. The van der Waals surface area contributed by atoms with Crippen LogP contribution in [0.2, 0.25) is 0 Å². The van der Waals surface area contributed by atoms with Crippen molar-refractivity contribution in [1.82, 2.24) is 4.98 Å². The molecular formula is C29H19FN2O5S. The predicted molar refractivity (Wildman–Crippen MR) is 140 cm³/mol. The fraction of sp³-hybridized carbons (Fsp3) is 0.0690. The van der Waals surface area contributed by atoms with Gasteiger partial charge >= 0.3 is 0 Å². The third-order valence-corrected chi connectivity index (χ3v) is 7.20. The quantitative estimate of drug-likeness (QED) is 0.247. The molecule has 0 fully saturated rings. The van der Waals surface area contributed by atoms with E-state index < -0.39 is 29.3 Å². The monoisotopic (exact) mass is 526 g/mol. The third-order valence-electron chi connectivity index (χ3n) is 6.19. The fourth-order valence-corrected chi connectivity index (χ4v) is 5.38. The van der Waals surface area contributed by atoms with Crippen molar-refractivity contribution >= 4 is 38.4 Å². The van der Waals surface area contributed by atoms with Gasteiger partial charge in [-0.2, -0.15) is 0 Å². The van der Waals surface area contributed by atoms with Crippen LogP contribution >= 0.6 is 11.3 Å². The number of hydrogen-bond acceptors (Lipinski definition) is 7. The lowest BCUT2D eigenvalue weighted by Gasteiger charge is -2.24. The number of furan rings is 1. The van der Waals surface area contributed by atoms with Crippen molar-refractivity contribution in [3.05, 3.63) is 125 Å². The molecule has 1 aliphatic heterocycles. The molecule has 188 valence electrons. The van der Waals surface area contributed by atoms with Gasteiger partial charge in [-0.25, -0.2) is 9.37 Å². The molecule has 0 saturated heterocycles. The molecule has 1 aliphatic rings. The van der Waals surface area contributed by atoms with Crippen molar-refractivity contribution in [3.8, 4) is 5.75 Å². The number of carbonyl (C=O) groups excluding carboxylic acids is 2. The van der Waals surface area contributed by atoms with E-state index in [1.165, 1.54) is 35.4 Å². The second-order valence-corrected chi connectivity index (χ2v) is 9.61. The number of aliphatic hydroxyl groups is 1. The summed E-state index contributed by atoms with van der Waals surface area (Å²) >= 11 is 1.09. The van der Waals surface area contributed by atoms with Crippen molar-refractivity contribution in [2.24, 2.45) is 0 Å². The van der Waals surface area contributed by atoms with Gasteiger partial charge in [0, 0.05) is 0 Å². The predicted octanol–water partition coefficient (Wildman–Crippen LogP) is 6.39. The normalized spacial score (nSPS) is 15.4. The molecule has 6 rings (SSSR count). The summed E-state index contributed by atoms with van der Waals surface area (Å²) in [6.45, 7) is 0.374. The number of halogens is 1. The molecule has 5 aromatic rings. The molecule has 1 atom stereocenters. The van der Waals surface area contributed by atoms with E-state index in [2.05, 4.69) is 4.98 Å². The molecule has 3 aromatic carbocycles. The topological polar surface area (TPSA) is 92.9 Å². The number of thiazole rings is 1. The first-order chi connectivity index (χ1) is 18.5. The van der Waals surface area contributed by atoms with Crippen LogP contribution < -0.4 is 9.64 Å². The molecule has 0 bridgehead atoms. The summed E-state index contributed by atoms with van der Waals surface area (Å²) in [4.78, 5) is 32.5. The van der Waals surface area contributed by atoms with Gasteiger partial charge in [-0.15, -0.1) is 0 Å². The Morgan fingerprint density at radius 2 is 1.84 bits per heavy atom. The number of Topliss-reactive ketones (excluding diaryl/α,β-unsaturated/α-hetero) is 1. The highest BCUT2D eigenvalue weighted by atomic mass is 32.1. The molecule has 0 saturated carbocycles. The van der Waals surface area contributed by atoms with Crippen molar-refractivity contribution < 1.29 is 28.2 Å². The average Bonchev–Trinajstić information content (AvgIpc) is 3.67. The van der Waals surface area contributed by atoms with E-state index in [1.54, 1.807) is 30.3 Å². The van der Waals surface area contributed by atoms with E-state index >= 15 is 0 Å². The van der Waals surface area contributed by atoms with Gasteiger partial charge < -0.3 is 14.3 Å². The zero-order valence-corrected chi connectivity index (χ0v) is 20.5. The van der Waals surface area contributed by atoms with Crippen molar-refractivity contribution in [2.75, 3.05) is 4.90 Å². The zero-order valence-electron chi connectivity index (χ0n) is 19.7. The number of anilines is 1. The number of fused-ring (bicyclic) bond motifs is 1. The van der Waals surface area contributed by atoms with Gasteiger partial charge in [-0.1, -0.05) is 53.8 Å². The van der Waals surface area contributed by atoms with Crippen molar-refractivity contribution in [3.63, 3.8) is 0 Å². The number of ketones is 1. The summed E-state index contributed by atoms with van der Waals surface area (Å²) in [7, 11) is 0. The largest absolute Gasteiger partial charge is 0.503 e. The molecule has 0 spiro atoms. The first-order valence-corrected chi connectivity index (χ1v) is 12.5. The van der Waals surface area contributed by atoms with E-state index in [0.29, 0.717) is 28.1 Å². The standard InChI is InChI=1S/C29H19FN2O5S/c30-19-10-13-21-23(15-19)38-29(31-21)32-25(24(27(34)28(32)35)26(33)22-7-4-14-36-22)18-8-11-20(12-9-18)37-16-17-5-2-1-3-6-17/h1-15,25,34H,16H2. The minimum absolute atomic E-state index is 0.0135. The molecule has 1 amide bonds. The van der Waals surface area contributed by atoms with Gasteiger partial charge in [0.05, 0.1) is 28.1 Å². The minimum Gasteiger partial charge on any atom is -0.503 e. The minimum atomic E-state index is -0.992. The van der Waals surface area contributed by atoms with Crippen LogP contribution in [0.1, 0.15) is 27.7 Å². The number of carbonyl (C=O) groups is 2. The Kier molecular flexibility index (Phi) is 5.97. The first-order valence-electron chi connectivity index (χ1n) is 11.7. The lowest BCUT2D eigenvalue weighted by Crippen LogP contribution is -2.30. The van der Waals surface area contributed by atoms with Gasteiger partial charge in [0.1, 0.15) is 18.2 Å². The Bertz CT molecular complexity index is 1680. The van der Waals surface area contributed by atoms with Gasteiger partial charge in [0.25, 0.3) is 5.91 Å². The molecular weight excluding hydrogens is 507 g/mol. The highest BCUT2D eigenvalue weighted by Gasteiger charge is 2.46. The number of amides is 1. The SMILES string of the molecule is O=C(C1=C(O)C(=O)N(c2nc3ccc(F)cc3s2)C1c1ccc(OCc2ccccc2)cc1)c1ccco1. The number of rotatable bonds is 7. The number of nitrogens with zero attached hydrogens (tertiary/aromatic N) is 2. The Labute approximate surface area is 220 Å². The van der Waals surface area contributed by atoms with Crippen LogP contribution in [-0.2, 0) is 11.4 Å². The second-order valence-electron chi connectivity index (χ2n) is 8.60. The molecule has 0 radical (unpaired) electrons. The third kappa shape index (κ3) is 4.22. The smallest absolute Gasteiger partial charge is 0.296 e. The van der Waals surface area contributed by atoms with Crippen LogP contribution in [0.25, 0.3) is 10.2 Å². The first kappa shape index (κ1) is 23.6. The molecule has 3 heterocycles. The summed E-state index contributed by atoms with van der Waals surface area (Å²) in [6, 6.07) is 22.8. The van der Waals surface area contributed by atoms with Gasteiger partial charge in [0.15, 0.2) is 16.7 Å².